The Hall–Kier alpha value is -1.83. The first-order valence-electron chi connectivity index (χ1n) is 7.20. The summed E-state index contributed by atoms with van der Waals surface area (Å²) in [6, 6.07) is 0. The summed E-state index contributed by atoms with van der Waals surface area (Å²) in [7, 11) is 0. The van der Waals surface area contributed by atoms with Crippen molar-refractivity contribution >= 4 is 11.9 Å². The van der Waals surface area contributed by atoms with Gasteiger partial charge in [0, 0.05) is 0 Å². The average Bonchev–Trinajstić information content (AvgIpc) is 2.55. The van der Waals surface area contributed by atoms with Gasteiger partial charge in [-0.1, -0.05) is 13.8 Å². The van der Waals surface area contributed by atoms with Gasteiger partial charge in [-0.2, -0.15) is 48.3 Å². The van der Waals surface area contributed by atoms with Gasteiger partial charge < -0.3 is 9.47 Å². The molecule has 4 nitrogen and oxygen atoms in total. The molecule has 28 heavy (non-hydrogen) atoms. The van der Waals surface area contributed by atoms with Crippen molar-refractivity contribution < 1.29 is 67.4 Å². The smallest absolute Gasteiger partial charge is 0.460 e. The predicted octanol–water partition coefficient (Wildman–Crippen LogP) is 4.22. The van der Waals surface area contributed by atoms with Crippen LogP contribution in [0.3, 0.4) is 0 Å². The third-order valence-electron chi connectivity index (χ3n) is 3.37. The molecule has 0 amide bonds. The van der Waals surface area contributed by atoms with E-state index in [1.165, 1.54) is 6.92 Å². The molecule has 0 N–H and O–H groups in total. The fourth-order valence-electron chi connectivity index (χ4n) is 1.38. The largest absolute Gasteiger partial charge is 0.462 e. The fourth-order valence-corrected chi connectivity index (χ4v) is 1.38. The van der Waals surface area contributed by atoms with Gasteiger partial charge in [0.05, 0.1) is 5.92 Å². The van der Waals surface area contributed by atoms with Crippen LogP contribution in [0.2, 0.25) is 0 Å². The number of hydrogen-bond acceptors (Lipinski definition) is 4. The van der Waals surface area contributed by atoms with E-state index >= 15 is 0 Å². The molecule has 0 saturated carbocycles. The minimum Gasteiger partial charge on any atom is -0.462 e. The maximum atomic E-state index is 13.3. The van der Waals surface area contributed by atoms with Crippen LogP contribution in [-0.4, -0.2) is 55.0 Å². The number of rotatable bonds is 9. The second-order valence-corrected chi connectivity index (χ2v) is 5.41. The summed E-state index contributed by atoms with van der Waals surface area (Å²) >= 11 is 0. The van der Waals surface area contributed by atoms with Gasteiger partial charge in [0.15, 0.2) is 0 Å². The number of hydrogen-bond donors (Lipinski definition) is 0. The highest BCUT2D eigenvalue weighted by atomic mass is 19.4. The summed E-state index contributed by atoms with van der Waals surface area (Å²) in [5.41, 5.74) is 0. The van der Waals surface area contributed by atoms with E-state index in [9.17, 15) is 57.9 Å². The van der Waals surface area contributed by atoms with E-state index in [-0.39, 0.29) is 6.42 Å². The van der Waals surface area contributed by atoms with Gasteiger partial charge in [0.1, 0.15) is 13.2 Å². The third-order valence-corrected chi connectivity index (χ3v) is 3.37. The van der Waals surface area contributed by atoms with Gasteiger partial charge in [-0.15, -0.1) is 0 Å². The van der Waals surface area contributed by atoms with Crippen LogP contribution in [0, 0.1) is 5.92 Å². The zero-order valence-corrected chi connectivity index (χ0v) is 14.0. The summed E-state index contributed by atoms with van der Waals surface area (Å²) in [6.45, 7) is 0.539. The highest BCUT2D eigenvalue weighted by Crippen LogP contribution is 2.57. The molecule has 0 saturated heterocycles. The minimum absolute atomic E-state index is 0.269. The van der Waals surface area contributed by atoms with Crippen LogP contribution in [0.5, 0.6) is 0 Å². The molecule has 1 unspecified atom stereocenters. The molecule has 0 spiro atoms. The third kappa shape index (κ3) is 4.59. The van der Waals surface area contributed by atoms with E-state index in [1.807, 2.05) is 0 Å². The number of ether oxygens (including phenoxy) is 2. The van der Waals surface area contributed by atoms with E-state index in [2.05, 4.69) is 9.47 Å². The maximum absolute atomic E-state index is 13.3. The first-order valence-corrected chi connectivity index (χ1v) is 7.20. The van der Waals surface area contributed by atoms with Gasteiger partial charge in [0.25, 0.3) is 0 Å². The molecule has 0 bridgehead atoms. The summed E-state index contributed by atoms with van der Waals surface area (Å²) in [5, 5.41) is 0. The average molecular weight is 442 g/mol. The van der Waals surface area contributed by atoms with Crippen LogP contribution in [-0.2, 0) is 19.1 Å². The second-order valence-electron chi connectivity index (χ2n) is 5.41. The Morgan fingerprint density at radius 2 is 1.18 bits per heavy atom. The monoisotopic (exact) mass is 442 g/mol. The zero-order valence-electron chi connectivity index (χ0n) is 14.0. The number of halogens is 11. The van der Waals surface area contributed by atoms with Crippen molar-refractivity contribution in [2.75, 3.05) is 13.2 Å². The Morgan fingerprint density at radius 3 is 1.57 bits per heavy atom. The fraction of sp³-hybridized carbons (Fsp3) is 0.846. The summed E-state index contributed by atoms with van der Waals surface area (Å²) < 4.78 is 148. The Kier molecular flexibility index (Phi) is 7.73. The Morgan fingerprint density at radius 1 is 0.750 bits per heavy atom. The van der Waals surface area contributed by atoms with Crippen molar-refractivity contribution in [3.8, 4) is 0 Å². The molecule has 0 fully saturated rings. The SMILES string of the molecule is CCC(C)C(=O)OCCOC(=O)C(F)(F)C(F)(F)C(F)(F)C(F)(F)C(F)(F)F. The number of carbonyl (C=O) groups excluding carboxylic acids is 2. The maximum Gasteiger partial charge on any atom is 0.460 e. The van der Waals surface area contributed by atoms with Crippen molar-refractivity contribution in [2.45, 2.75) is 50.1 Å². The molecule has 0 aromatic heterocycles. The molecule has 166 valence electrons. The lowest BCUT2D eigenvalue weighted by molar-refractivity contribution is -0.418. The van der Waals surface area contributed by atoms with E-state index in [0.717, 1.165) is 0 Å². The molecule has 0 aromatic carbocycles. The molecule has 0 aliphatic carbocycles. The molecule has 0 aliphatic rings. The van der Waals surface area contributed by atoms with Crippen LogP contribution in [0.1, 0.15) is 20.3 Å². The Bertz CT molecular complexity index is 571. The zero-order chi connectivity index (χ0) is 22.8. The lowest BCUT2D eigenvalue weighted by Crippen LogP contribution is -2.68. The topological polar surface area (TPSA) is 52.6 Å². The Balaban J connectivity index is 5.29. The van der Waals surface area contributed by atoms with Crippen LogP contribution < -0.4 is 0 Å². The number of esters is 2. The molecule has 15 heteroatoms. The molecule has 0 rings (SSSR count). The second kappa shape index (κ2) is 8.27. The first-order chi connectivity index (χ1) is 12.3. The van der Waals surface area contributed by atoms with Crippen molar-refractivity contribution in [1.29, 1.82) is 0 Å². The van der Waals surface area contributed by atoms with Crippen molar-refractivity contribution in [3.63, 3.8) is 0 Å². The van der Waals surface area contributed by atoms with Crippen LogP contribution in [0.4, 0.5) is 48.3 Å². The standard InChI is InChI=1S/C13H13F11O4/c1-3-6(2)7(25)27-4-5-28-8(26)9(14,15)10(16,17)11(18,19)12(20,21)13(22,23)24/h6H,3-5H2,1-2H3. The molecular formula is C13H13F11O4. The summed E-state index contributed by atoms with van der Waals surface area (Å²) in [4.78, 5) is 22.1. The highest BCUT2D eigenvalue weighted by molar-refractivity contribution is 5.79. The van der Waals surface area contributed by atoms with Gasteiger partial charge >= 0.3 is 41.8 Å². The van der Waals surface area contributed by atoms with E-state index < -0.39 is 60.9 Å². The van der Waals surface area contributed by atoms with Gasteiger partial charge in [-0.05, 0) is 6.42 Å². The van der Waals surface area contributed by atoms with E-state index in [4.69, 9.17) is 0 Å². The van der Waals surface area contributed by atoms with E-state index in [0.29, 0.717) is 0 Å². The molecule has 0 radical (unpaired) electrons. The molecule has 1 atom stereocenters. The summed E-state index contributed by atoms with van der Waals surface area (Å²) in [5.74, 6) is -34.7. The lowest BCUT2D eigenvalue weighted by Gasteiger charge is -2.36. The first kappa shape index (κ1) is 26.2. The summed E-state index contributed by atoms with van der Waals surface area (Å²) in [6.07, 6.45) is -7.06. The normalized spacial score (nSPS) is 15.2. The minimum atomic E-state index is -7.70. The van der Waals surface area contributed by atoms with Gasteiger partial charge in [-0.25, -0.2) is 4.79 Å². The van der Waals surface area contributed by atoms with Crippen molar-refractivity contribution in [1.82, 2.24) is 0 Å². The van der Waals surface area contributed by atoms with Crippen molar-refractivity contribution in [2.24, 2.45) is 5.92 Å². The van der Waals surface area contributed by atoms with Crippen molar-refractivity contribution in [3.05, 3.63) is 0 Å². The highest BCUT2D eigenvalue weighted by Gasteiger charge is 2.88. The molecule has 0 aromatic rings. The number of carbonyl (C=O) groups is 2. The van der Waals surface area contributed by atoms with E-state index in [1.54, 1.807) is 6.92 Å². The van der Waals surface area contributed by atoms with Crippen LogP contribution in [0.25, 0.3) is 0 Å². The van der Waals surface area contributed by atoms with Gasteiger partial charge in [-0.3, -0.25) is 4.79 Å². The molecule has 0 heterocycles. The Labute approximate surface area is 149 Å². The van der Waals surface area contributed by atoms with Gasteiger partial charge in [0.2, 0.25) is 0 Å². The van der Waals surface area contributed by atoms with Crippen LogP contribution >= 0.6 is 0 Å². The lowest BCUT2D eigenvalue weighted by atomic mass is 9.98. The van der Waals surface area contributed by atoms with Crippen LogP contribution in [0.15, 0.2) is 0 Å². The number of alkyl halides is 11. The quantitative estimate of drug-likeness (QED) is 0.305. The molecule has 0 aliphatic heterocycles. The predicted molar refractivity (Wildman–Crippen MR) is 67.2 cm³/mol. The molecular weight excluding hydrogens is 429 g/mol.